The molecule has 0 aliphatic rings. The molecule has 0 saturated heterocycles. The topological polar surface area (TPSA) is 83.6 Å². The highest BCUT2D eigenvalue weighted by molar-refractivity contribution is 7.11. The number of aryl methyl sites for hydroxylation is 2. The largest absolute Gasteiger partial charge is 0.340 e. The lowest BCUT2D eigenvalue weighted by Gasteiger charge is -2.08. The van der Waals surface area contributed by atoms with Crippen LogP contribution in [0.3, 0.4) is 0 Å². The molecule has 102 valence electrons. The number of hydrogen-bond donors (Lipinski definition) is 2. The first-order chi connectivity index (χ1) is 9.10. The lowest BCUT2D eigenvalue weighted by molar-refractivity contribution is 0.0929. The molecule has 1 amide bonds. The Morgan fingerprint density at radius 3 is 3.00 bits per heavy atom. The van der Waals surface area contributed by atoms with Gasteiger partial charge >= 0.3 is 0 Å². The van der Waals surface area contributed by atoms with E-state index < -0.39 is 0 Å². The number of rotatable bonds is 5. The summed E-state index contributed by atoms with van der Waals surface area (Å²) in [6.07, 6.45) is 3.56. The lowest BCUT2D eigenvalue weighted by Crippen LogP contribution is -2.27. The first-order valence-corrected chi connectivity index (χ1v) is 7.06. The van der Waals surface area contributed by atoms with Crippen molar-refractivity contribution in [3.05, 3.63) is 27.7 Å². The predicted molar refractivity (Wildman–Crippen MR) is 73.1 cm³/mol. The molecular weight excluding hydrogens is 262 g/mol. The Labute approximate surface area is 115 Å². The maximum absolute atomic E-state index is 12.0. The van der Waals surface area contributed by atoms with Gasteiger partial charge in [0.2, 0.25) is 5.82 Å². The molecule has 1 unspecified atom stereocenters. The van der Waals surface area contributed by atoms with Gasteiger partial charge in [0.15, 0.2) is 0 Å². The molecule has 0 radical (unpaired) electrons. The molecule has 6 nitrogen and oxygen atoms in total. The second kappa shape index (κ2) is 5.92. The van der Waals surface area contributed by atoms with Gasteiger partial charge in [-0.25, -0.2) is 9.97 Å². The van der Waals surface area contributed by atoms with E-state index in [1.54, 1.807) is 17.5 Å². The lowest BCUT2D eigenvalue weighted by atomic mass is 10.3. The first kappa shape index (κ1) is 13.7. The van der Waals surface area contributed by atoms with Gasteiger partial charge in [-0.05, 0) is 20.3 Å². The Balaban J connectivity index is 1.99. The molecule has 2 aromatic heterocycles. The third-order valence-electron chi connectivity index (χ3n) is 2.58. The molecule has 0 bridgehead atoms. The number of carbonyl (C=O) groups excluding carboxylic acids is 1. The Kier molecular flexibility index (Phi) is 4.26. The van der Waals surface area contributed by atoms with Gasteiger partial charge in [0.05, 0.1) is 6.04 Å². The van der Waals surface area contributed by atoms with E-state index in [4.69, 9.17) is 0 Å². The zero-order valence-corrected chi connectivity index (χ0v) is 12.0. The van der Waals surface area contributed by atoms with Gasteiger partial charge in [-0.1, -0.05) is 6.92 Å². The fourth-order valence-electron chi connectivity index (χ4n) is 1.64. The van der Waals surface area contributed by atoms with Crippen LogP contribution in [0.25, 0.3) is 0 Å². The van der Waals surface area contributed by atoms with Crippen LogP contribution in [-0.2, 0) is 6.42 Å². The van der Waals surface area contributed by atoms with Crippen molar-refractivity contribution in [2.24, 2.45) is 0 Å². The molecule has 2 aromatic rings. The van der Waals surface area contributed by atoms with Crippen molar-refractivity contribution in [1.29, 1.82) is 0 Å². The molecule has 2 rings (SSSR count). The average Bonchev–Trinajstić information content (AvgIpc) is 2.98. The molecule has 0 spiro atoms. The minimum absolute atomic E-state index is 0.140. The molecule has 2 heterocycles. The minimum Gasteiger partial charge on any atom is -0.340 e. The zero-order valence-electron chi connectivity index (χ0n) is 11.2. The molecule has 7 heteroatoms. The summed E-state index contributed by atoms with van der Waals surface area (Å²) in [5.74, 6) is 0.646. The van der Waals surface area contributed by atoms with Crippen LogP contribution in [0.5, 0.6) is 0 Å². The molecule has 19 heavy (non-hydrogen) atoms. The second-order valence-electron chi connectivity index (χ2n) is 4.36. The summed E-state index contributed by atoms with van der Waals surface area (Å²) >= 11 is 1.57. The Morgan fingerprint density at radius 1 is 1.58 bits per heavy atom. The number of thiazole rings is 1. The van der Waals surface area contributed by atoms with E-state index in [0.29, 0.717) is 0 Å². The van der Waals surface area contributed by atoms with Crippen molar-refractivity contribution in [2.45, 2.75) is 39.7 Å². The maximum atomic E-state index is 12.0. The average molecular weight is 279 g/mol. The van der Waals surface area contributed by atoms with Crippen LogP contribution < -0.4 is 5.32 Å². The highest BCUT2D eigenvalue weighted by Gasteiger charge is 2.17. The minimum atomic E-state index is -0.279. The van der Waals surface area contributed by atoms with Gasteiger partial charge in [-0.3, -0.25) is 9.89 Å². The standard InChI is InChI=1S/C12H17N5OS/c1-4-5-9-15-10(17-16-9)11(18)14-8(3)12-13-6-7(2)19-12/h6,8H,4-5H2,1-3H3,(H,14,18)(H,15,16,17). The zero-order chi connectivity index (χ0) is 13.8. The number of nitrogens with one attached hydrogen (secondary N) is 2. The molecule has 0 aromatic carbocycles. The summed E-state index contributed by atoms with van der Waals surface area (Å²) in [6.45, 7) is 5.94. The van der Waals surface area contributed by atoms with Gasteiger partial charge in [0, 0.05) is 17.5 Å². The van der Waals surface area contributed by atoms with E-state index in [1.165, 1.54) is 0 Å². The fraction of sp³-hybridized carbons (Fsp3) is 0.500. The number of nitrogens with zero attached hydrogens (tertiary/aromatic N) is 3. The molecule has 0 aliphatic heterocycles. The monoisotopic (exact) mass is 279 g/mol. The van der Waals surface area contributed by atoms with E-state index >= 15 is 0 Å². The third kappa shape index (κ3) is 3.37. The van der Waals surface area contributed by atoms with E-state index in [-0.39, 0.29) is 17.8 Å². The summed E-state index contributed by atoms with van der Waals surface area (Å²) in [5, 5.41) is 10.4. The summed E-state index contributed by atoms with van der Waals surface area (Å²) in [5.41, 5.74) is 0. The summed E-state index contributed by atoms with van der Waals surface area (Å²) in [4.78, 5) is 21.5. The van der Waals surface area contributed by atoms with Gasteiger partial charge in [-0.15, -0.1) is 16.4 Å². The van der Waals surface area contributed by atoms with E-state index in [9.17, 15) is 4.79 Å². The quantitative estimate of drug-likeness (QED) is 0.877. The molecule has 2 N–H and O–H groups in total. The first-order valence-electron chi connectivity index (χ1n) is 6.24. The summed E-state index contributed by atoms with van der Waals surface area (Å²) in [6, 6.07) is -0.140. The molecule has 0 saturated carbocycles. The number of H-pyrrole nitrogens is 1. The smallest absolute Gasteiger partial charge is 0.291 e. The molecular formula is C12H17N5OS. The van der Waals surface area contributed by atoms with Crippen LogP contribution in [0.1, 0.15) is 52.6 Å². The molecule has 1 atom stereocenters. The molecule has 0 fully saturated rings. The Bertz CT molecular complexity index is 562. The fourth-order valence-corrected chi connectivity index (χ4v) is 2.42. The predicted octanol–water partition coefficient (Wildman–Crippen LogP) is 2.01. The van der Waals surface area contributed by atoms with Crippen LogP contribution in [-0.4, -0.2) is 26.1 Å². The van der Waals surface area contributed by atoms with Crippen LogP contribution >= 0.6 is 11.3 Å². The van der Waals surface area contributed by atoms with Crippen molar-refractivity contribution >= 4 is 17.2 Å². The number of amides is 1. The SMILES string of the molecule is CCCc1nc(C(=O)NC(C)c2ncc(C)s2)n[nH]1. The van der Waals surface area contributed by atoms with Crippen molar-refractivity contribution in [2.75, 3.05) is 0 Å². The highest BCUT2D eigenvalue weighted by Crippen LogP contribution is 2.19. The van der Waals surface area contributed by atoms with Crippen LogP contribution in [0.2, 0.25) is 0 Å². The van der Waals surface area contributed by atoms with Crippen molar-refractivity contribution in [1.82, 2.24) is 25.5 Å². The van der Waals surface area contributed by atoms with E-state index in [0.717, 1.165) is 28.6 Å². The summed E-state index contributed by atoms with van der Waals surface area (Å²) in [7, 11) is 0. The van der Waals surface area contributed by atoms with Gasteiger partial charge in [0.1, 0.15) is 10.8 Å². The van der Waals surface area contributed by atoms with E-state index in [2.05, 4.69) is 32.4 Å². The Hall–Kier alpha value is -1.76. The third-order valence-corrected chi connectivity index (χ3v) is 3.67. The van der Waals surface area contributed by atoms with Crippen LogP contribution in [0.15, 0.2) is 6.20 Å². The number of carbonyl (C=O) groups is 1. The van der Waals surface area contributed by atoms with Crippen molar-refractivity contribution in [3.63, 3.8) is 0 Å². The number of hydrogen-bond acceptors (Lipinski definition) is 5. The highest BCUT2D eigenvalue weighted by atomic mass is 32.1. The van der Waals surface area contributed by atoms with Crippen LogP contribution in [0.4, 0.5) is 0 Å². The van der Waals surface area contributed by atoms with Crippen LogP contribution in [0, 0.1) is 6.92 Å². The van der Waals surface area contributed by atoms with Gasteiger partial charge in [0.25, 0.3) is 5.91 Å². The summed E-state index contributed by atoms with van der Waals surface area (Å²) < 4.78 is 0. The van der Waals surface area contributed by atoms with Gasteiger partial charge < -0.3 is 5.32 Å². The number of aromatic amines is 1. The van der Waals surface area contributed by atoms with Crippen molar-refractivity contribution in [3.8, 4) is 0 Å². The Morgan fingerprint density at radius 2 is 2.37 bits per heavy atom. The van der Waals surface area contributed by atoms with E-state index in [1.807, 2.05) is 13.8 Å². The normalized spacial score (nSPS) is 12.4. The molecule has 0 aliphatic carbocycles. The van der Waals surface area contributed by atoms with Gasteiger partial charge in [-0.2, -0.15) is 0 Å². The number of aromatic nitrogens is 4. The van der Waals surface area contributed by atoms with Crippen molar-refractivity contribution < 1.29 is 4.79 Å². The second-order valence-corrected chi connectivity index (χ2v) is 5.63. The maximum Gasteiger partial charge on any atom is 0.291 e.